The number of carbonyl (C=O) groups is 1. The van der Waals surface area contributed by atoms with E-state index >= 15 is 0 Å². The van der Waals surface area contributed by atoms with Crippen LogP contribution in [-0.4, -0.2) is 26.5 Å². The van der Waals surface area contributed by atoms with E-state index in [1.54, 1.807) is 0 Å². The third-order valence-corrected chi connectivity index (χ3v) is 5.66. The van der Waals surface area contributed by atoms with Crippen LogP contribution in [0.2, 0.25) is 0 Å². The molecule has 4 aromatic rings. The van der Waals surface area contributed by atoms with Crippen LogP contribution in [0.15, 0.2) is 90.1 Å². The Morgan fingerprint density at radius 1 is 0.871 bits per heavy atom. The van der Waals surface area contributed by atoms with Gasteiger partial charge in [-0.05, 0) is 30.2 Å². The van der Waals surface area contributed by atoms with Crippen molar-refractivity contribution >= 4 is 17.7 Å². The van der Waals surface area contributed by atoms with E-state index in [0.29, 0.717) is 11.6 Å². The Hall–Kier alpha value is -3.38. The summed E-state index contributed by atoms with van der Waals surface area (Å²) in [4.78, 5) is 12.3. The summed E-state index contributed by atoms with van der Waals surface area (Å²) in [6.45, 7) is 2.32. The zero-order valence-electron chi connectivity index (χ0n) is 17.3. The molecule has 0 atom stereocenters. The number of aryl methyl sites for hydroxylation is 1. The summed E-state index contributed by atoms with van der Waals surface area (Å²) in [6, 6.07) is 28.0. The summed E-state index contributed by atoms with van der Waals surface area (Å²) in [6.07, 6.45) is 0.654. The maximum absolute atomic E-state index is 12.3. The zero-order chi connectivity index (χ0) is 21.5. The number of rotatable bonds is 8. The molecule has 31 heavy (non-hydrogen) atoms. The molecular formula is C25H23N3O2S. The van der Waals surface area contributed by atoms with Crippen LogP contribution in [0.25, 0.3) is 5.69 Å². The second-order valence-corrected chi connectivity index (χ2v) is 8.11. The highest BCUT2D eigenvalue weighted by molar-refractivity contribution is 7.99. The second-order valence-electron chi connectivity index (χ2n) is 7.17. The largest absolute Gasteiger partial charge is 0.460 e. The van der Waals surface area contributed by atoms with Gasteiger partial charge in [0.2, 0.25) is 0 Å². The van der Waals surface area contributed by atoms with Crippen molar-refractivity contribution in [3.05, 3.63) is 107 Å². The van der Waals surface area contributed by atoms with Crippen molar-refractivity contribution in [1.82, 2.24) is 14.8 Å². The molecule has 0 fully saturated rings. The lowest BCUT2D eigenvalue weighted by Crippen LogP contribution is -2.09. The fraction of sp³-hybridized carbons (Fsp3) is 0.160. The summed E-state index contributed by atoms with van der Waals surface area (Å²) in [7, 11) is 0. The molecule has 1 heterocycles. The minimum absolute atomic E-state index is 0.169. The number of carbonyl (C=O) groups excluding carboxylic acids is 1. The average Bonchev–Trinajstić information content (AvgIpc) is 3.20. The molecule has 0 aliphatic rings. The van der Waals surface area contributed by atoms with Gasteiger partial charge in [-0.2, -0.15) is 0 Å². The first kappa shape index (κ1) is 20.9. The highest BCUT2D eigenvalue weighted by Crippen LogP contribution is 2.24. The predicted molar refractivity (Wildman–Crippen MR) is 122 cm³/mol. The van der Waals surface area contributed by atoms with Gasteiger partial charge in [0.1, 0.15) is 12.4 Å². The van der Waals surface area contributed by atoms with E-state index in [1.807, 2.05) is 65.2 Å². The summed E-state index contributed by atoms with van der Waals surface area (Å²) < 4.78 is 7.41. The molecule has 0 radical (unpaired) electrons. The van der Waals surface area contributed by atoms with Gasteiger partial charge in [-0.3, -0.25) is 9.36 Å². The van der Waals surface area contributed by atoms with E-state index in [1.165, 1.54) is 17.3 Å². The standard InChI is InChI=1S/C25H23N3O2S/c1-19-12-14-22(15-13-19)28-23(16-20-8-4-2-5-9-20)26-27-25(28)31-18-24(29)30-17-21-10-6-3-7-11-21/h2-15H,16-18H2,1H3. The lowest BCUT2D eigenvalue weighted by atomic mass is 10.1. The molecule has 0 aliphatic carbocycles. The zero-order valence-corrected chi connectivity index (χ0v) is 18.1. The molecule has 3 aromatic carbocycles. The summed E-state index contributed by atoms with van der Waals surface area (Å²) >= 11 is 1.34. The first-order valence-electron chi connectivity index (χ1n) is 10.1. The van der Waals surface area contributed by atoms with Crippen LogP contribution >= 0.6 is 11.8 Å². The quantitative estimate of drug-likeness (QED) is 0.291. The molecule has 0 bridgehead atoms. The topological polar surface area (TPSA) is 57.0 Å². The summed E-state index contributed by atoms with van der Waals surface area (Å²) in [5.41, 5.74) is 4.28. The molecule has 4 rings (SSSR count). The number of hydrogen-bond acceptors (Lipinski definition) is 5. The molecule has 0 spiro atoms. The van der Waals surface area contributed by atoms with Crippen molar-refractivity contribution in [3.63, 3.8) is 0 Å². The van der Waals surface area contributed by atoms with Gasteiger partial charge < -0.3 is 4.74 Å². The minimum Gasteiger partial charge on any atom is -0.460 e. The molecule has 6 heteroatoms. The smallest absolute Gasteiger partial charge is 0.316 e. The monoisotopic (exact) mass is 429 g/mol. The molecule has 0 amide bonds. The SMILES string of the molecule is Cc1ccc(-n2c(Cc3ccccc3)nnc2SCC(=O)OCc2ccccc2)cc1. The van der Waals surface area contributed by atoms with Gasteiger partial charge in [-0.15, -0.1) is 10.2 Å². The molecule has 0 N–H and O–H groups in total. The summed E-state index contributed by atoms with van der Waals surface area (Å²) in [5, 5.41) is 9.46. The molecule has 1 aromatic heterocycles. The molecule has 0 aliphatic heterocycles. The van der Waals surface area contributed by atoms with Crippen molar-refractivity contribution in [3.8, 4) is 5.69 Å². The van der Waals surface area contributed by atoms with E-state index in [4.69, 9.17) is 4.74 Å². The van der Waals surface area contributed by atoms with Gasteiger partial charge in [0, 0.05) is 12.1 Å². The van der Waals surface area contributed by atoms with E-state index in [0.717, 1.165) is 22.6 Å². The van der Waals surface area contributed by atoms with E-state index < -0.39 is 0 Å². The number of esters is 1. The average molecular weight is 430 g/mol. The van der Waals surface area contributed by atoms with Crippen LogP contribution in [0.5, 0.6) is 0 Å². The maximum Gasteiger partial charge on any atom is 0.316 e. The number of ether oxygens (including phenoxy) is 1. The number of nitrogens with zero attached hydrogens (tertiary/aromatic N) is 3. The number of aromatic nitrogens is 3. The van der Waals surface area contributed by atoms with Crippen molar-refractivity contribution in [2.24, 2.45) is 0 Å². The Kier molecular flexibility index (Phi) is 6.79. The second kappa shape index (κ2) is 10.1. The van der Waals surface area contributed by atoms with Crippen LogP contribution in [-0.2, 0) is 22.6 Å². The van der Waals surface area contributed by atoms with Crippen LogP contribution in [0, 0.1) is 6.92 Å². The van der Waals surface area contributed by atoms with Gasteiger partial charge in [0.15, 0.2) is 5.16 Å². The Morgan fingerprint density at radius 2 is 1.52 bits per heavy atom. The lowest BCUT2D eigenvalue weighted by Gasteiger charge is -2.11. The first-order chi connectivity index (χ1) is 15.2. The van der Waals surface area contributed by atoms with E-state index in [2.05, 4.69) is 41.4 Å². The van der Waals surface area contributed by atoms with E-state index in [-0.39, 0.29) is 18.3 Å². The van der Waals surface area contributed by atoms with Crippen molar-refractivity contribution in [2.45, 2.75) is 25.1 Å². The third-order valence-electron chi connectivity index (χ3n) is 4.76. The molecule has 5 nitrogen and oxygen atoms in total. The van der Waals surface area contributed by atoms with Crippen molar-refractivity contribution in [1.29, 1.82) is 0 Å². The normalized spacial score (nSPS) is 10.7. The molecule has 156 valence electrons. The van der Waals surface area contributed by atoms with Crippen LogP contribution < -0.4 is 0 Å². The molecule has 0 saturated heterocycles. The lowest BCUT2D eigenvalue weighted by molar-refractivity contribution is -0.141. The Bertz CT molecular complexity index is 1130. The van der Waals surface area contributed by atoms with Gasteiger partial charge in [0.25, 0.3) is 0 Å². The fourth-order valence-electron chi connectivity index (χ4n) is 3.14. The molecule has 0 unspecified atom stereocenters. The van der Waals surface area contributed by atoms with Gasteiger partial charge in [-0.1, -0.05) is 90.1 Å². The summed E-state index contributed by atoms with van der Waals surface area (Å²) in [5.74, 6) is 0.717. The Balaban J connectivity index is 1.50. The van der Waals surface area contributed by atoms with Crippen LogP contribution in [0.3, 0.4) is 0 Å². The number of thioether (sulfide) groups is 1. The van der Waals surface area contributed by atoms with Gasteiger partial charge in [0.05, 0.1) is 5.75 Å². The first-order valence-corrected chi connectivity index (χ1v) is 11.1. The maximum atomic E-state index is 12.3. The fourth-order valence-corrected chi connectivity index (χ4v) is 3.91. The van der Waals surface area contributed by atoms with Crippen molar-refractivity contribution < 1.29 is 9.53 Å². The van der Waals surface area contributed by atoms with Crippen LogP contribution in [0.1, 0.15) is 22.5 Å². The van der Waals surface area contributed by atoms with Crippen LogP contribution in [0.4, 0.5) is 0 Å². The van der Waals surface area contributed by atoms with Crippen molar-refractivity contribution in [2.75, 3.05) is 5.75 Å². The molecular weight excluding hydrogens is 406 g/mol. The number of benzene rings is 3. The Labute approximate surface area is 186 Å². The highest BCUT2D eigenvalue weighted by Gasteiger charge is 2.17. The van der Waals surface area contributed by atoms with E-state index in [9.17, 15) is 4.79 Å². The highest BCUT2D eigenvalue weighted by atomic mass is 32.2. The van der Waals surface area contributed by atoms with Gasteiger partial charge >= 0.3 is 5.97 Å². The van der Waals surface area contributed by atoms with Gasteiger partial charge in [-0.25, -0.2) is 0 Å². The molecule has 0 saturated carbocycles. The Morgan fingerprint density at radius 3 is 2.19 bits per heavy atom. The number of hydrogen-bond donors (Lipinski definition) is 0. The minimum atomic E-state index is -0.281. The predicted octanol–water partition coefficient (Wildman–Crippen LogP) is 5.00. The third kappa shape index (κ3) is 5.61.